The zero-order valence-corrected chi connectivity index (χ0v) is 7.42. The molecule has 3 heteroatoms. The van der Waals surface area contributed by atoms with E-state index < -0.39 is 0 Å². The largest absolute Gasteiger partial charge is 0.370 e. The zero-order valence-electron chi connectivity index (χ0n) is 7.42. The molecule has 0 radical (unpaired) electrons. The molecule has 0 spiro atoms. The topological polar surface area (TPSA) is 50.4 Å². The van der Waals surface area contributed by atoms with Crippen LogP contribution in [0.3, 0.4) is 0 Å². The number of aliphatic imine (C=N–C) groups is 1. The summed E-state index contributed by atoms with van der Waals surface area (Å²) in [6.07, 6.45) is 7.67. The Kier molecular flexibility index (Phi) is 2.19. The van der Waals surface area contributed by atoms with Crippen molar-refractivity contribution >= 4 is 5.96 Å². The highest BCUT2D eigenvalue weighted by atomic mass is 15.1. The van der Waals surface area contributed by atoms with E-state index in [2.05, 4.69) is 10.3 Å². The second-order valence-corrected chi connectivity index (χ2v) is 3.87. The lowest BCUT2D eigenvalue weighted by Gasteiger charge is -2.11. The summed E-state index contributed by atoms with van der Waals surface area (Å²) in [6.45, 7) is 0. The summed E-state index contributed by atoms with van der Waals surface area (Å²) in [5.41, 5.74) is 5.73. The summed E-state index contributed by atoms with van der Waals surface area (Å²) in [4.78, 5) is 4.34. The fourth-order valence-corrected chi connectivity index (χ4v) is 1.72. The quantitative estimate of drug-likeness (QED) is 0.476. The van der Waals surface area contributed by atoms with E-state index in [1.165, 1.54) is 38.5 Å². The molecule has 3 nitrogen and oxygen atoms in total. The lowest BCUT2D eigenvalue weighted by atomic mass is 10.2. The van der Waals surface area contributed by atoms with Crippen LogP contribution in [0, 0.1) is 0 Å². The molecule has 0 unspecified atom stereocenters. The van der Waals surface area contributed by atoms with Crippen molar-refractivity contribution in [1.29, 1.82) is 0 Å². The maximum absolute atomic E-state index is 5.73. The number of hydrogen-bond acceptors (Lipinski definition) is 1. The van der Waals surface area contributed by atoms with Crippen LogP contribution in [0.5, 0.6) is 0 Å². The van der Waals surface area contributed by atoms with E-state index in [0.717, 1.165) is 0 Å². The van der Waals surface area contributed by atoms with Crippen molar-refractivity contribution in [2.24, 2.45) is 10.7 Å². The third-order valence-electron chi connectivity index (χ3n) is 2.58. The maximum Gasteiger partial charge on any atom is 0.189 e. The average Bonchev–Trinajstić information content (AvgIpc) is 2.66. The van der Waals surface area contributed by atoms with Crippen molar-refractivity contribution in [3.63, 3.8) is 0 Å². The van der Waals surface area contributed by atoms with Gasteiger partial charge >= 0.3 is 0 Å². The van der Waals surface area contributed by atoms with E-state index in [1.807, 2.05) is 0 Å². The van der Waals surface area contributed by atoms with Crippen LogP contribution in [0.25, 0.3) is 0 Å². The number of nitrogens with two attached hydrogens (primary N) is 1. The number of hydrogen-bond donors (Lipinski definition) is 2. The number of rotatable bonds is 2. The van der Waals surface area contributed by atoms with Crippen LogP contribution < -0.4 is 11.1 Å². The summed E-state index contributed by atoms with van der Waals surface area (Å²) < 4.78 is 0. The highest BCUT2D eigenvalue weighted by Gasteiger charge is 2.21. The van der Waals surface area contributed by atoms with Gasteiger partial charge in [0.05, 0.1) is 6.04 Å². The van der Waals surface area contributed by atoms with Crippen molar-refractivity contribution in [2.75, 3.05) is 0 Å². The van der Waals surface area contributed by atoms with Crippen LogP contribution in [0.15, 0.2) is 4.99 Å². The molecule has 0 amide bonds. The van der Waals surface area contributed by atoms with Gasteiger partial charge < -0.3 is 11.1 Å². The SMILES string of the molecule is NC(=NC1CC1)NC1CCCC1. The van der Waals surface area contributed by atoms with Gasteiger partial charge in [-0.25, -0.2) is 0 Å². The van der Waals surface area contributed by atoms with E-state index in [0.29, 0.717) is 18.0 Å². The molecule has 0 saturated heterocycles. The fraction of sp³-hybridized carbons (Fsp3) is 0.889. The van der Waals surface area contributed by atoms with E-state index in [4.69, 9.17) is 5.73 Å². The Bertz CT molecular complexity index is 178. The van der Waals surface area contributed by atoms with Crippen LogP contribution in [0.4, 0.5) is 0 Å². The van der Waals surface area contributed by atoms with Crippen LogP contribution >= 0.6 is 0 Å². The van der Waals surface area contributed by atoms with Gasteiger partial charge in [-0.2, -0.15) is 0 Å². The molecule has 0 aromatic heterocycles. The lowest BCUT2D eigenvalue weighted by molar-refractivity contribution is 0.625. The Hall–Kier alpha value is -0.730. The molecule has 0 aromatic rings. The molecule has 0 atom stereocenters. The van der Waals surface area contributed by atoms with Gasteiger partial charge in [0.25, 0.3) is 0 Å². The Labute approximate surface area is 73.4 Å². The summed E-state index contributed by atoms with van der Waals surface area (Å²) in [5, 5.41) is 3.28. The van der Waals surface area contributed by atoms with Crippen molar-refractivity contribution < 1.29 is 0 Å². The Morgan fingerprint density at radius 2 is 1.83 bits per heavy atom. The first-order valence-corrected chi connectivity index (χ1v) is 4.94. The second-order valence-electron chi connectivity index (χ2n) is 3.87. The van der Waals surface area contributed by atoms with Gasteiger partial charge in [0.15, 0.2) is 5.96 Å². The van der Waals surface area contributed by atoms with Gasteiger partial charge in [0, 0.05) is 6.04 Å². The number of nitrogens with one attached hydrogen (secondary N) is 1. The van der Waals surface area contributed by atoms with E-state index in [-0.39, 0.29) is 0 Å². The Morgan fingerprint density at radius 1 is 1.17 bits per heavy atom. The van der Waals surface area contributed by atoms with E-state index >= 15 is 0 Å². The van der Waals surface area contributed by atoms with Crippen molar-refractivity contribution in [3.8, 4) is 0 Å². The molecule has 0 aromatic carbocycles. The van der Waals surface area contributed by atoms with Crippen LogP contribution in [-0.2, 0) is 0 Å². The monoisotopic (exact) mass is 167 g/mol. The summed E-state index contributed by atoms with van der Waals surface area (Å²) in [7, 11) is 0. The molecule has 2 saturated carbocycles. The predicted molar refractivity (Wildman–Crippen MR) is 50.0 cm³/mol. The van der Waals surface area contributed by atoms with Gasteiger partial charge in [0.1, 0.15) is 0 Å². The van der Waals surface area contributed by atoms with Gasteiger partial charge in [-0.15, -0.1) is 0 Å². The molecule has 2 aliphatic rings. The molecule has 0 heterocycles. The first-order valence-electron chi connectivity index (χ1n) is 4.94. The van der Waals surface area contributed by atoms with E-state index in [1.54, 1.807) is 0 Å². The Balaban J connectivity index is 1.76. The van der Waals surface area contributed by atoms with Crippen LogP contribution in [-0.4, -0.2) is 18.0 Å². The van der Waals surface area contributed by atoms with Gasteiger partial charge in [-0.3, -0.25) is 4.99 Å². The summed E-state index contributed by atoms with van der Waals surface area (Å²) in [5.74, 6) is 0.671. The minimum Gasteiger partial charge on any atom is -0.370 e. The smallest absolute Gasteiger partial charge is 0.189 e. The molecule has 68 valence electrons. The average molecular weight is 167 g/mol. The predicted octanol–water partition coefficient (Wildman–Crippen LogP) is 0.996. The summed E-state index contributed by atoms with van der Waals surface area (Å²) >= 11 is 0. The minimum absolute atomic E-state index is 0.541. The highest BCUT2D eigenvalue weighted by molar-refractivity contribution is 5.78. The maximum atomic E-state index is 5.73. The molecule has 0 bridgehead atoms. The normalized spacial score (nSPS) is 26.2. The third kappa shape index (κ3) is 2.13. The molecule has 0 aliphatic heterocycles. The zero-order chi connectivity index (χ0) is 8.39. The summed E-state index contributed by atoms with van der Waals surface area (Å²) in [6, 6.07) is 1.14. The Morgan fingerprint density at radius 3 is 2.42 bits per heavy atom. The number of guanidine groups is 1. The first-order chi connectivity index (χ1) is 5.84. The highest BCUT2D eigenvalue weighted by Crippen LogP contribution is 2.23. The van der Waals surface area contributed by atoms with Gasteiger partial charge in [-0.05, 0) is 25.7 Å². The molecule has 3 N–H and O–H groups in total. The van der Waals surface area contributed by atoms with E-state index in [9.17, 15) is 0 Å². The fourth-order valence-electron chi connectivity index (χ4n) is 1.72. The molecule has 2 fully saturated rings. The molecular weight excluding hydrogens is 150 g/mol. The van der Waals surface area contributed by atoms with Crippen molar-refractivity contribution in [1.82, 2.24) is 5.32 Å². The molecule has 2 rings (SSSR count). The lowest BCUT2D eigenvalue weighted by Crippen LogP contribution is -2.38. The van der Waals surface area contributed by atoms with Crippen molar-refractivity contribution in [2.45, 2.75) is 50.6 Å². The van der Waals surface area contributed by atoms with Crippen LogP contribution in [0.2, 0.25) is 0 Å². The molecular formula is C9H17N3. The van der Waals surface area contributed by atoms with Gasteiger partial charge in [-0.1, -0.05) is 12.8 Å². The standard InChI is InChI=1S/C9H17N3/c10-9(12-8-5-6-8)11-7-3-1-2-4-7/h7-8H,1-6H2,(H3,10,11,12). The minimum atomic E-state index is 0.541. The molecule has 2 aliphatic carbocycles. The second kappa shape index (κ2) is 3.33. The van der Waals surface area contributed by atoms with Crippen LogP contribution in [0.1, 0.15) is 38.5 Å². The van der Waals surface area contributed by atoms with Crippen molar-refractivity contribution in [3.05, 3.63) is 0 Å². The third-order valence-corrected chi connectivity index (χ3v) is 2.58. The first kappa shape index (κ1) is 7.90. The van der Waals surface area contributed by atoms with Gasteiger partial charge in [0.2, 0.25) is 0 Å². The number of nitrogens with zero attached hydrogens (tertiary/aromatic N) is 1. The molecule has 12 heavy (non-hydrogen) atoms.